The second kappa shape index (κ2) is 4.49. The van der Waals surface area contributed by atoms with Gasteiger partial charge in [-0.1, -0.05) is 11.3 Å². The Hall–Kier alpha value is -1.62. The zero-order valence-corrected chi connectivity index (χ0v) is 10.0. The van der Waals surface area contributed by atoms with Gasteiger partial charge in [-0.2, -0.15) is 0 Å². The highest BCUT2D eigenvalue weighted by Crippen LogP contribution is 2.28. The van der Waals surface area contributed by atoms with E-state index in [4.69, 9.17) is 0 Å². The third kappa shape index (κ3) is 2.30. The molecule has 0 saturated carbocycles. The maximum atomic E-state index is 10.9. The molecule has 1 aromatic heterocycles. The molecule has 0 atom stereocenters. The molecule has 16 heavy (non-hydrogen) atoms. The van der Waals surface area contributed by atoms with Crippen molar-refractivity contribution < 1.29 is 4.79 Å². The quantitative estimate of drug-likeness (QED) is 0.860. The molecule has 0 saturated heterocycles. The number of nitrogens with one attached hydrogen (secondary N) is 2. The van der Waals surface area contributed by atoms with Crippen LogP contribution < -0.4 is 10.6 Å². The van der Waals surface area contributed by atoms with Gasteiger partial charge in [0.1, 0.15) is 0 Å². The van der Waals surface area contributed by atoms with E-state index >= 15 is 0 Å². The van der Waals surface area contributed by atoms with Gasteiger partial charge in [0.15, 0.2) is 5.13 Å². The second-order valence-corrected chi connectivity index (χ2v) is 4.44. The smallest absolute Gasteiger partial charge is 0.221 e. The molecule has 2 rings (SSSR count). The molecule has 1 aromatic carbocycles. The Morgan fingerprint density at radius 3 is 3.00 bits per heavy atom. The van der Waals surface area contributed by atoms with E-state index in [9.17, 15) is 4.79 Å². The lowest BCUT2D eigenvalue weighted by molar-refractivity contribution is -0.114. The molecule has 0 spiro atoms. The average Bonchev–Trinajstić information content (AvgIpc) is 2.59. The van der Waals surface area contributed by atoms with Crippen LogP contribution in [-0.2, 0) is 4.79 Å². The Morgan fingerprint density at radius 2 is 2.31 bits per heavy atom. The molecule has 4 nitrogen and oxygen atoms in total. The lowest BCUT2D eigenvalue weighted by atomic mass is 10.3. The highest BCUT2D eigenvalue weighted by Gasteiger charge is 2.04. The average molecular weight is 235 g/mol. The molecule has 0 aliphatic carbocycles. The van der Waals surface area contributed by atoms with Crippen LogP contribution in [0.2, 0.25) is 0 Å². The predicted octanol–water partition coefficient (Wildman–Crippen LogP) is 2.69. The van der Waals surface area contributed by atoms with Crippen molar-refractivity contribution in [1.29, 1.82) is 0 Å². The van der Waals surface area contributed by atoms with Gasteiger partial charge in [-0.15, -0.1) is 0 Å². The van der Waals surface area contributed by atoms with Crippen LogP contribution in [0.25, 0.3) is 10.2 Å². The number of hydrogen-bond acceptors (Lipinski definition) is 4. The first-order valence-electron chi connectivity index (χ1n) is 5.11. The summed E-state index contributed by atoms with van der Waals surface area (Å²) in [5.74, 6) is -0.0595. The first-order chi connectivity index (χ1) is 7.69. The third-order valence-corrected chi connectivity index (χ3v) is 3.01. The number of carbonyl (C=O) groups is 1. The van der Waals surface area contributed by atoms with Crippen LogP contribution in [0.4, 0.5) is 10.8 Å². The van der Waals surface area contributed by atoms with E-state index in [0.717, 1.165) is 27.6 Å². The van der Waals surface area contributed by atoms with Crippen LogP contribution in [0.5, 0.6) is 0 Å². The number of benzene rings is 1. The van der Waals surface area contributed by atoms with Gasteiger partial charge in [-0.3, -0.25) is 4.79 Å². The summed E-state index contributed by atoms with van der Waals surface area (Å²) in [7, 11) is 0. The van der Waals surface area contributed by atoms with Crippen LogP contribution in [0.3, 0.4) is 0 Å². The van der Waals surface area contributed by atoms with Crippen molar-refractivity contribution in [1.82, 2.24) is 4.98 Å². The number of aromatic nitrogens is 1. The zero-order chi connectivity index (χ0) is 11.5. The van der Waals surface area contributed by atoms with E-state index in [1.165, 1.54) is 6.92 Å². The van der Waals surface area contributed by atoms with Crippen LogP contribution in [0.1, 0.15) is 13.8 Å². The highest BCUT2D eigenvalue weighted by molar-refractivity contribution is 7.22. The van der Waals surface area contributed by atoms with Gasteiger partial charge in [-0.25, -0.2) is 4.98 Å². The van der Waals surface area contributed by atoms with Crippen molar-refractivity contribution in [3.63, 3.8) is 0 Å². The number of fused-ring (bicyclic) bond motifs is 1. The molecule has 5 heteroatoms. The first kappa shape index (κ1) is 10.9. The molecule has 0 radical (unpaired) electrons. The minimum atomic E-state index is -0.0595. The molecule has 2 aromatic rings. The fourth-order valence-electron chi connectivity index (χ4n) is 1.43. The fourth-order valence-corrected chi connectivity index (χ4v) is 2.41. The Bertz CT molecular complexity index is 521. The minimum Gasteiger partial charge on any atom is -0.362 e. The molecule has 0 fully saturated rings. The van der Waals surface area contributed by atoms with E-state index in [0.29, 0.717) is 0 Å². The van der Waals surface area contributed by atoms with Crippen LogP contribution in [0.15, 0.2) is 18.2 Å². The first-order valence-corrected chi connectivity index (χ1v) is 5.92. The van der Waals surface area contributed by atoms with Crippen molar-refractivity contribution in [3.8, 4) is 0 Å². The molecular formula is C11H13N3OS. The van der Waals surface area contributed by atoms with Gasteiger partial charge in [0.25, 0.3) is 0 Å². The summed E-state index contributed by atoms with van der Waals surface area (Å²) in [6.07, 6.45) is 0. The van der Waals surface area contributed by atoms with E-state index in [1.807, 2.05) is 25.1 Å². The molecule has 0 aliphatic rings. The van der Waals surface area contributed by atoms with Gasteiger partial charge in [0.2, 0.25) is 5.91 Å². The minimum absolute atomic E-state index is 0.0595. The largest absolute Gasteiger partial charge is 0.362 e. The van der Waals surface area contributed by atoms with Gasteiger partial charge in [-0.05, 0) is 25.1 Å². The molecule has 1 heterocycles. The summed E-state index contributed by atoms with van der Waals surface area (Å²) in [5.41, 5.74) is 1.77. The lowest BCUT2D eigenvalue weighted by Crippen LogP contribution is -2.05. The van der Waals surface area contributed by atoms with E-state index in [2.05, 4.69) is 15.6 Å². The Morgan fingerprint density at radius 1 is 1.50 bits per heavy atom. The summed E-state index contributed by atoms with van der Waals surface area (Å²) < 4.78 is 1.07. The van der Waals surface area contributed by atoms with E-state index < -0.39 is 0 Å². The van der Waals surface area contributed by atoms with Gasteiger partial charge >= 0.3 is 0 Å². The van der Waals surface area contributed by atoms with E-state index in [1.54, 1.807) is 11.3 Å². The SMILES string of the molecule is CCNc1nc2ccc(NC(C)=O)cc2s1. The predicted molar refractivity (Wildman–Crippen MR) is 68.1 cm³/mol. The summed E-state index contributed by atoms with van der Waals surface area (Å²) in [6.45, 7) is 4.40. The van der Waals surface area contributed by atoms with Gasteiger partial charge < -0.3 is 10.6 Å². The number of rotatable bonds is 3. The summed E-state index contributed by atoms with van der Waals surface area (Å²) in [5, 5.41) is 6.85. The fraction of sp³-hybridized carbons (Fsp3) is 0.273. The molecule has 1 amide bonds. The maximum Gasteiger partial charge on any atom is 0.221 e. The van der Waals surface area contributed by atoms with Crippen molar-refractivity contribution in [3.05, 3.63) is 18.2 Å². The van der Waals surface area contributed by atoms with Crippen LogP contribution in [0, 0.1) is 0 Å². The number of carbonyl (C=O) groups excluding carboxylic acids is 1. The Labute approximate surface area is 97.7 Å². The Balaban J connectivity index is 2.33. The number of amides is 1. The molecular weight excluding hydrogens is 222 g/mol. The standard InChI is InChI=1S/C11H13N3OS/c1-3-12-11-14-9-5-4-8(13-7(2)15)6-10(9)16-11/h4-6H,3H2,1-2H3,(H,12,14)(H,13,15). The summed E-state index contributed by atoms with van der Waals surface area (Å²) in [4.78, 5) is 15.3. The van der Waals surface area contributed by atoms with Crippen molar-refractivity contribution in [2.24, 2.45) is 0 Å². The second-order valence-electron chi connectivity index (χ2n) is 3.41. The molecule has 0 unspecified atom stereocenters. The van der Waals surface area contributed by atoms with Crippen molar-refractivity contribution in [2.45, 2.75) is 13.8 Å². The molecule has 84 valence electrons. The van der Waals surface area contributed by atoms with E-state index in [-0.39, 0.29) is 5.91 Å². The van der Waals surface area contributed by atoms with Crippen LogP contribution >= 0.6 is 11.3 Å². The topological polar surface area (TPSA) is 54.0 Å². The van der Waals surface area contributed by atoms with Crippen LogP contribution in [-0.4, -0.2) is 17.4 Å². The monoisotopic (exact) mass is 235 g/mol. The number of thiazole rings is 1. The lowest BCUT2D eigenvalue weighted by Gasteiger charge is -1.99. The normalized spacial score (nSPS) is 10.4. The van der Waals surface area contributed by atoms with Gasteiger partial charge in [0, 0.05) is 19.2 Å². The molecule has 0 aliphatic heterocycles. The van der Waals surface area contributed by atoms with Crippen molar-refractivity contribution in [2.75, 3.05) is 17.2 Å². The molecule has 2 N–H and O–H groups in total. The maximum absolute atomic E-state index is 10.9. The third-order valence-electron chi connectivity index (χ3n) is 2.04. The van der Waals surface area contributed by atoms with Crippen molar-refractivity contribution >= 4 is 38.3 Å². The Kier molecular flexibility index (Phi) is 3.05. The molecule has 0 bridgehead atoms. The number of hydrogen-bond donors (Lipinski definition) is 2. The zero-order valence-electron chi connectivity index (χ0n) is 9.20. The summed E-state index contributed by atoms with van der Waals surface area (Å²) >= 11 is 1.59. The highest BCUT2D eigenvalue weighted by atomic mass is 32.1. The number of anilines is 2. The number of nitrogens with zero attached hydrogens (tertiary/aromatic N) is 1. The summed E-state index contributed by atoms with van der Waals surface area (Å²) in [6, 6.07) is 5.71. The van der Waals surface area contributed by atoms with Gasteiger partial charge in [0.05, 0.1) is 10.2 Å².